The molecular weight excluding hydrogens is 232 g/mol. The van der Waals surface area contributed by atoms with Crippen LogP contribution in [0.1, 0.15) is 51.4 Å². The first-order valence-electron chi connectivity index (χ1n) is 7.22. The lowest BCUT2D eigenvalue weighted by molar-refractivity contribution is -0.122. The van der Waals surface area contributed by atoms with Crippen LogP contribution in [-0.2, 0) is 14.3 Å². The number of carboxylic acid groups (broad SMARTS) is 1. The van der Waals surface area contributed by atoms with Gasteiger partial charge in [-0.15, -0.1) is 0 Å². The van der Waals surface area contributed by atoms with Crippen LogP contribution in [0.4, 0.5) is 0 Å². The van der Waals surface area contributed by atoms with Crippen LogP contribution in [0.25, 0.3) is 0 Å². The highest BCUT2D eigenvalue weighted by atomic mass is 16.9. The predicted molar refractivity (Wildman–Crippen MR) is 65.1 cm³/mol. The highest BCUT2D eigenvalue weighted by molar-refractivity contribution is 5.32. The number of hydrogen-bond acceptors (Lipinski definition) is 3. The number of rotatable bonds is 2. The fourth-order valence-electron chi connectivity index (χ4n) is 3.98. The summed E-state index contributed by atoms with van der Waals surface area (Å²) in [7, 11) is 0. The minimum atomic E-state index is -0.250. The molecule has 2 aliphatic carbocycles. The van der Waals surface area contributed by atoms with Crippen LogP contribution >= 0.6 is 0 Å². The predicted octanol–water partition coefficient (Wildman–Crippen LogP) is 2.56. The minimum Gasteiger partial charge on any atom is -0.483 e. The molecule has 4 fully saturated rings. The van der Waals surface area contributed by atoms with E-state index in [9.17, 15) is 0 Å². The lowest BCUT2D eigenvalue weighted by atomic mass is 9.78. The second-order valence-corrected chi connectivity index (χ2v) is 6.12. The third-order valence-electron chi connectivity index (χ3n) is 4.92. The minimum absolute atomic E-state index is 0.0108. The van der Waals surface area contributed by atoms with Crippen LogP contribution in [0.15, 0.2) is 0 Å². The molecule has 2 atom stereocenters. The smallest absolute Gasteiger partial charge is 0.290 e. The molecule has 4 heteroatoms. The highest BCUT2D eigenvalue weighted by Crippen LogP contribution is 2.63. The molecule has 1 spiro atoms. The van der Waals surface area contributed by atoms with Gasteiger partial charge in [-0.25, -0.2) is 0 Å². The van der Waals surface area contributed by atoms with Crippen LogP contribution < -0.4 is 0 Å². The van der Waals surface area contributed by atoms with E-state index in [4.69, 9.17) is 19.4 Å². The van der Waals surface area contributed by atoms with Crippen molar-refractivity contribution in [3.63, 3.8) is 0 Å². The van der Waals surface area contributed by atoms with Crippen molar-refractivity contribution in [3.05, 3.63) is 0 Å². The van der Waals surface area contributed by atoms with Crippen LogP contribution in [0.5, 0.6) is 0 Å². The molecular formula is C14H22O4. The summed E-state index contributed by atoms with van der Waals surface area (Å²) in [5, 5.41) is 6.89. The zero-order valence-corrected chi connectivity index (χ0v) is 10.7. The van der Waals surface area contributed by atoms with Gasteiger partial charge in [-0.05, 0) is 31.1 Å². The molecule has 102 valence electrons. The maximum Gasteiger partial charge on any atom is 0.290 e. The molecule has 1 N–H and O–H groups in total. The molecule has 2 aliphatic heterocycles. The van der Waals surface area contributed by atoms with E-state index in [1.807, 2.05) is 0 Å². The molecule has 0 bridgehead atoms. The number of ether oxygens (including phenoxy) is 2. The van der Waals surface area contributed by atoms with E-state index in [1.165, 1.54) is 51.4 Å². The van der Waals surface area contributed by atoms with Crippen molar-refractivity contribution >= 4 is 6.47 Å². The van der Waals surface area contributed by atoms with Gasteiger partial charge in [-0.3, -0.25) is 4.79 Å². The summed E-state index contributed by atoms with van der Waals surface area (Å²) >= 11 is 0. The Labute approximate surface area is 108 Å². The van der Waals surface area contributed by atoms with Crippen LogP contribution in [0, 0.1) is 11.8 Å². The van der Waals surface area contributed by atoms with Gasteiger partial charge in [0, 0.05) is 0 Å². The van der Waals surface area contributed by atoms with Crippen molar-refractivity contribution in [2.75, 3.05) is 0 Å². The third kappa shape index (κ3) is 2.28. The lowest BCUT2D eigenvalue weighted by Crippen LogP contribution is -2.21. The summed E-state index contributed by atoms with van der Waals surface area (Å²) < 4.78 is 11.3. The van der Waals surface area contributed by atoms with E-state index in [-0.39, 0.29) is 12.3 Å². The van der Waals surface area contributed by atoms with Gasteiger partial charge in [-0.1, -0.05) is 32.1 Å². The summed E-state index contributed by atoms with van der Waals surface area (Å²) in [5.74, 6) is 1.92. The molecule has 2 unspecified atom stereocenters. The average molecular weight is 254 g/mol. The third-order valence-corrected chi connectivity index (χ3v) is 4.92. The van der Waals surface area contributed by atoms with E-state index < -0.39 is 0 Å². The van der Waals surface area contributed by atoms with Crippen molar-refractivity contribution in [3.8, 4) is 0 Å². The van der Waals surface area contributed by atoms with Crippen molar-refractivity contribution in [2.45, 2.75) is 69.4 Å². The molecule has 18 heavy (non-hydrogen) atoms. The van der Waals surface area contributed by atoms with Crippen molar-refractivity contribution < 1.29 is 19.4 Å². The molecule has 4 nitrogen and oxygen atoms in total. The quantitative estimate of drug-likeness (QED) is 0.607. The largest absolute Gasteiger partial charge is 0.483 e. The second kappa shape index (κ2) is 4.82. The summed E-state index contributed by atoms with van der Waals surface area (Å²) in [6.07, 6.45) is 12.4. The molecule has 2 saturated carbocycles. The van der Waals surface area contributed by atoms with E-state index in [0.29, 0.717) is 12.2 Å². The SMILES string of the molecule is C1CCC(CC2CC3OC34OC4C2)CC1.O=CO. The molecule has 0 aromatic heterocycles. The van der Waals surface area contributed by atoms with Gasteiger partial charge in [0.2, 0.25) is 5.79 Å². The highest BCUT2D eigenvalue weighted by Gasteiger charge is 2.78. The fourth-order valence-corrected chi connectivity index (χ4v) is 3.98. The van der Waals surface area contributed by atoms with E-state index in [0.717, 1.165) is 11.8 Å². The summed E-state index contributed by atoms with van der Waals surface area (Å²) in [6.45, 7) is -0.250. The molecule has 4 rings (SSSR count). The molecule has 0 aromatic carbocycles. The topological polar surface area (TPSA) is 62.4 Å². The van der Waals surface area contributed by atoms with Gasteiger partial charge in [0.05, 0.1) is 0 Å². The molecule has 2 saturated heterocycles. The number of hydrogen-bond donors (Lipinski definition) is 1. The summed E-state index contributed by atoms with van der Waals surface area (Å²) in [4.78, 5) is 8.36. The Hall–Kier alpha value is -0.610. The molecule has 4 aliphatic rings. The van der Waals surface area contributed by atoms with Crippen LogP contribution in [-0.4, -0.2) is 29.6 Å². The van der Waals surface area contributed by atoms with E-state index in [1.54, 1.807) is 0 Å². The fraction of sp³-hybridized carbons (Fsp3) is 0.929. The standard InChI is InChI=1S/C13H20O2.CH2O2/c1-2-4-9(5-3-1)6-10-7-11-13(14-11)12(8-10)15-13;2-1-3/h9-12H,1-8H2;1H,(H,2,3). The van der Waals surface area contributed by atoms with Crippen LogP contribution in [0.2, 0.25) is 0 Å². The maximum absolute atomic E-state index is 8.36. The molecule has 0 aromatic rings. The normalized spacial score (nSPS) is 45.0. The first-order chi connectivity index (χ1) is 8.78. The second-order valence-electron chi connectivity index (χ2n) is 6.12. The van der Waals surface area contributed by atoms with Gasteiger partial charge >= 0.3 is 0 Å². The van der Waals surface area contributed by atoms with Gasteiger partial charge in [-0.2, -0.15) is 0 Å². The monoisotopic (exact) mass is 254 g/mol. The number of carbonyl (C=O) groups is 1. The van der Waals surface area contributed by atoms with Gasteiger partial charge in [0.1, 0.15) is 12.2 Å². The molecule has 0 radical (unpaired) electrons. The van der Waals surface area contributed by atoms with Gasteiger partial charge in [0.15, 0.2) is 0 Å². The zero-order chi connectivity index (χ0) is 12.6. The van der Waals surface area contributed by atoms with Gasteiger partial charge in [0.25, 0.3) is 6.47 Å². The zero-order valence-electron chi connectivity index (χ0n) is 10.7. The molecule has 2 heterocycles. The van der Waals surface area contributed by atoms with E-state index >= 15 is 0 Å². The maximum atomic E-state index is 8.36. The lowest BCUT2D eigenvalue weighted by Gasteiger charge is -2.26. The molecule has 0 amide bonds. The summed E-state index contributed by atoms with van der Waals surface area (Å²) in [6, 6.07) is 0. The summed E-state index contributed by atoms with van der Waals surface area (Å²) in [5.41, 5.74) is 0. The van der Waals surface area contributed by atoms with Crippen LogP contribution in [0.3, 0.4) is 0 Å². The Kier molecular flexibility index (Phi) is 3.32. The van der Waals surface area contributed by atoms with Crippen molar-refractivity contribution in [2.24, 2.45) is 11.8 Å². The Balaban J connectivity index is 0.000000307. The Bertz CT molecular complexity index is 293. The van der Waals surface area contributed by atoms with E-state index in [2.05, 4.69) is 0 Å². The number of epoxide rings is 2. The van der Waals surface area contributed by atoms with Crippen molar-refractivity contribution in [1.29, 1.82) is 0 Å². The first-order valence-corrected chi connectivity index (χ1v) is 7.22. The Morgan fingerprint density at radius 3 is 2.17 bits per heavy atom. The first kappa shape index (κ1) is 12.4. The Morgan fingerprint density at radius 1 is 1.06 bits per heavy atom. The average Bonchev–Trinajstić information content (AvgIpc) is 3.21. The van der Waals surface area contributed by atoms with Gasteiger partial charge < -0.3 is 14.6 Å². The van der Waals surface area contributed by atoms with Crippen molar-refractivity contribution in [1.82, 2.24) is 0 Å². The Morgan fingerprint density at radius 2 is 1.61 bits per heavy atom.